The number of hydrogen-bond donors (Lipinski definition) is 3. The average Bonchev–Trinajstić information content (AvgIpc) is 3.02. The lowest BCUT2D eigenvalue weighted by Gasteiger charge is -2.26. The molecular weight excluding hydrogens is 274 g/mol. The van der Waals surface area contributed by atoms with Gasteiger partial charge in [0.1, 0.15) is 10.7 Å². The molecule has 1 aromatic heterocycles. The predicted octanol–water partition coefficient (Wildman–Crippen LogP) is 0.521. The van der Waals surface area contributed by atoms with Gasteiger partial charge < -0.3 is 21.3 Å². The first-order chi connectivity index (χ1) is 9.65. The van der Waals surface area contributed by atoms with Crippen LogP contribution < -0.4 is 21.3 Å². The number of hydrogen-bond acceptors (Lipinski definition) is 6. The second kappa shape index (κ2) is 5.57. The highest BCUT2D eigenvalue weighted by Gasteiger charge is 2.33. The summed E-state index contributed by atoms with van der Waals surface area (Å²) in [5.74, 6) is 1.65. The summed E-state index contributed by atoms with van der Waals surface area (Å²) in [5, 5.41) is 7.12. The Hall–Kier alpha value is -1.34. The van der Waals surface area contributed by atoms with Gasteiger partial charge in [0.2, 0.25) is 0 Å². The van der Waals surface area contributed by atoms with Crippen molar-refractivity contribution < 1.29 is 4.79 Å². The van der Waals surface area contributed by atoms with Crippen LogP contribution in [0.3, 0.4) is 0 Å². The molecule has 2 fully saturated rings. The molecule has 2 unspecified atom stereocenters. The van der Waals surface area contributed by atoms with Crippen LogP contribution in [0, 0.1) is 11.8 Å². The highest BCUT2D eigenvalue weighted by Crippen LogP contribution is 2.37. The van der Waals surface area contributed by atoms with E-state index in [2.05, 4.69) is 27.4 Å². The molecule has 1 aromatic rings. The Bertz CT molecular complexity index is 497. The standard InChI is InChI=1S/C13H21N5OS/c1-8-6-9(8)7-16-12(19)10-11(14)17-13(20-10)18-4-2-15-3-5-18/h8-9,15H,2-7,14H2,1H3,(H,16,19). The largest absolute Gasteiger partial charge is 0.382 e. The van der Waals surface area contributed by atoms with Crippen LogP contribution in [-0.2, 0) is 0 Å². The second-order valence-corrected chi connectivity index (χ2v) is 6.61. The molecule has 0 bridgehead atoms. The van der Waals surface area contributed by atoms with Crippen molar-refractivity contribution in [3.8, 4) is 0 Å². The Morgan fingerprint density at radius 2 is 2.25 bits per heavy atom. The molecule has 0 radical (unpaired) electrons. The predicted molar refractivity (Wildman–Crippen MR) is 81.2 cm³/mol. The molecule has 20 heavy (non-hydrogen) atoms. The minimum atomic E-state index is -0.0829. The summed E-state index contributed by atoms with van der Waals surface area (Å²) in [5.41, 5.74) is 5.89. The van der Waals surface area contributed by atoms with Gasteiger partial charge in [0.15, 0.2) is 5.13 Å². The highest BCUT2D eigenvalue weighted by molar-refractivity contribution is 7.18. The number of nitrogen functional groups attached to an aromatic ring is 1. The lowest BCUT2D eigenvalue weighted by Crippen LogP contribution is -2.43. The quantitative estimate of drug-likeness (QED) is 0.754. The fourth-order valence-electron chi connectivity index (χ4n) is 2.46. The highest BCUT2D eigenvalue weighted by atomic mass is 32.1. The van der Waals surface area contributed by atoms with Gasteiger partial charge in [-0.15, -0.1) is 0 Å². The molecule has 3 rings (SSSR count). The molecule has 4 N–H and O–H groups in total. The number of carbonyl (C=O) groups is 1. The van der Waals surface area contributed by atoms with Crippen molar-refractivity contribution in [2.24, 2.45) is 11.8 Å². The summed E-state index contributed by atoms with van der Waals surface area (Å²) in [6.07, 6.45) is 1.21. The third kappa shape index (κ3) is 2.88. The van der Waals surface area contributed by atoms with Gasteiger partial charge in [0, 0.05) is 32.7 Å². The molecule has 110 valence electrons. The summed E-state index contributed by atoms with van der Waals surface area (Å²) >= 11 is 1.40. The van der Waals surface area contributed by atoms with Crippen LogP contribution in [-0.4, -0.2) is 43.6 Å². The normalized spacial score (nSPS) is 25.6. The van der Waals surface area contributed by atoms with Gasteiger partial charge in [-0.3, -0.25) is 4.79 Å². The minimum absolute atomic E-state index is 0.0829. The van der Waals surface area contributed by atoms with Crippen LogP contribution in [0.15, 0.2) is 0 Å². The van der Waals surface area contributed by atoms with E-state index in [1.54, 1.807) is 0 Å². The second-order valence-electron chi connectivity index (χ2n) is 5.63. The van der Waals surface area contributed by atoms with Gasteiger partial charge in [-0.2, -0.15) is 0 Å². The first-order valence-electron chi connectivity index (χ1n) is 7.15. The Kier molecular flexibility index (Phi) is 3.80. The number of piperazine rings is 1. The Balaban J connectivity index is 1.63. The van der Waals surface area contributed by atoms with Crippen molar-refractivity contribution in [1.29, 1.82) is 0 Å². The maximum atomic E-state index is 12.1. The fraction of sp³-hybridized carbons (Fsp3) is 0.692. The lowest BCUT2D eigenvalue weighted by atomic mass is 10.3. The number of nitrogens with one attached hydrogen (secondary N) is 2. The third-order valence-corrected chi connectivity index (χ3v) is 5.17. The molecule has 1 saturated heterocycles. The van der Waals surface area contributed by atoms with Crippen molar-refractivity contribution in [1.82, 2.24) is 15.6 Å². The van der Waals surface area contributed by atoms with Gasteiger partial charge >= 0.3 is 0 Å². The first-order valence-corrected chi connectivity index (χ1v) is 7.97. The number of aromatic nitrogens is 1. The molecule has 6 nitrogen and oxygen atoms in total. The molecule has 0 spiro atoms. The van der Waals surface area contributed by atoms with E-state index in [1.807, 2.05) is 0 Å². The van der Waals surface area contributed by atoms with Crippen molar-refractivity contribution in [3.63, 3.8) is 0 Å². The van der Waals surface area contributed by atoms with Crippen LogP contribution in [0.5, 0.6) is 0 Å². The molecule has 1 amide bonds. The Morgan fingerprint density at radius 3 is 2.90 bits per heavy atom. The molecule has 1 aliphatic heterocycles. The zero-order valence-corrected chi connectivity index (χ0v) is 12.5. The number of anilines is 2. The van der Waals surface area contributed by atoms with Crippen molar-refractivity contribution in [2.75, 3.05) is 43.4 Å². The summed E-state index contributed by atoms with van der Waals surface area (Å²) in [7, 11) is 0. The van der Waals surface area contributed by atoms with E-state index in [1.165, 1.54) is 17.8 Å². The molecule has 2 atom stereocenters. The number of amides is 1. The van der Waals surface area contributed by atoms with E-state index in [0.29, 0.717) is 16.6 Å². The summed E-state index contributed by atoms with van der Waals surface area (Å²) in [4.78, 5) is 19.2. The molecule has 2 aliphatic rings. The van der Waals surface area contributed by atoms with E-state index in [-0.39, 0.29) is 5.91 Å². The smallest absolute Gasteiger partial charge is 0.265 e. The fourth-order valence-corrected chi connectivity index (χ4v) is 3.42. The number of nitrogens with two attached hydrogens (primary N) is 1. The number of rotatable bonds is 4. The zero-order valence-electron chi connectivity index (χ0n) is 11.7. The van der Waals surface area contributed by atoms with Crippen LogP contribution >= 0.6 is 11.3 Å². The zero-order chi connectivity index (χ0) is 14.1. The summed E-state index contributed by atoms with van der Waals surface area (Å²) in [6.45, 7) is 6.67. The van der Waals surface area contributed by atoms with Gasteiger partial charge in [-0.1, -0.05) is 18.3 Å². The van der Waals surface area contributed by atoms with Gasteiger partial charge in [0.25, 0.3) is 5.91 Å². The van der Waals surface area contributed by atoms with Crippen molar-refractivity contribution in [2.45, 2.75) is 13.3 Å². The van der Waals surface area contributed by atoms with E-state index in [0.717, 1.165) is 43.8 Å². The Morgan fingerprint density at radius 1 is 1.55 bits per heavy atom. The third-order valence-electron chi connectivity index (χ3n) is 4.04. The number of carbonyl (C=O) groups excluding carboxylic acids is 1. The van der Waals surface area contributed by atoms with E-state index < -0.39 is 0 Å². The SMILES string of the molecule is CC1CC1CNC(=O)c1sc(N2CCNCC2)nc1N. The van der Waals surface area contributed by atoms with E-state index in [9.17, 15) is 4.79 Å². The number of nitrogens with zero attached hydrogens (tertiary/aromatic N) is 2. The Labute approximate surface area is 122 Å². The van der Waals surface area contributed by atoms with E-state index in [4.69, 9.17) is 5.73 Å². The van der Waals surface area contributed by atoms with Crippen LogP contribution in [0.1, 0.15) is 23.0 Å². The van der Waals surface area contributed by atoms with Crippen LogP contribution in [0.2, 0.25) is 0 Å². The number of thiazole rings is 1. The first kappa shape index (κ1) is 13.6. The monoisotopic (exact) mass is 295 g/mol. The van der Waals surface area contributed by atoms with Gasteiger partial charge in [0.05, 0.1) is 0 Å². The van der Waals surface area contributed by atoms with Crippen molar-refractivity contribution >= 4 is 28.2 Å². The minimum Gasteiger partial charge on any atom is -0.382 e. The van der Waals surface area contributed by atoms with Crippen LogP contribution in [0.4, 0.5) is 10.9 Å². The summed E-state index contributed by atoms with van der Waals surface area (Å²) < 4.78 is 0. The molecule has 7 heteroatoms. The lowest BCUT2D eigenvalue weighted by molar-refractivity contribution is 0.0956. The maximum Gasteiger partial charge on any atom is 0.265 e. The maximum absolute atomic E-state index is 12.1. The van der Waals surface area contributed by atoms with Gasteiger partial charge in [-0.25, -0.2) is 4.98 Å². The molecule has 0 aromatic carbocycles. The molecular formula is C13H21N5OS. The average molecular weight is 295 g/mol. The summed E-state index contributed by atoms with van der Waals surface area (Å²) in [6, 6.07) is 0. The van der Waals surface area contributed by atoms with Crippen LogP contribution in [0.25, 0.3) is 0 Å². The van der Waals surface area contributed by atoms with Crippen molar-refractivity contribution in [3.05, 3.63) is 4.88 Å². The molecule has 1 aliphatic carbocycles. The molecule has 1 saturated carbocycles. The van der Waals surface area contributed by atoms with Gasteiger partial charge in [-0.05, 0) is 18.3 Å². The topological polar surface area (TPSA) is 83.3 Å². The van der Waals surface area contributed by atoms with E-state index >= 15 is 0 Å². The molecule has 2 heterocycles.